The summed E-state index contributed by atoms with van der Waals surface area (Å²) >= 11 is 6.60. The summed E-state index contributed by atoms with van der Waals surface area (Å²) in [6, 6.07) is 13.1. The molecule has 0 atom stereocenters. The Labute approximate surface area is 247 Å². The molecule has 6 rings (SSSR count). The molecule has 214 valence electrons. The molecule has 1 aliphatic heterocycles. The first-order valence-corrected chi connectivity index (χ1v) is 13.9. The minimum absolute atomic E-state index is 0.104. The van der Waals surface area contributed by atoms with E-state index in [-0.39, 0.29) is 5.91 Å². The number of benzene rings is 2. The van der Waals surface area contributed by atoms with E-state index in [0.29, 0.717) is 81.8 Å². The molecule has 0 saturated heterocycles. The lowest BCUT2D eigenvalue weighted by Crippen LogP contribution is -2.37. The fourth-order valence-corrected chi connectivity index (χ4v) is 4.78. The summed E-state index contributed by atoms with van der Waals surface area (Å²) in [6.45, 7) is 5.71. The smallest absolute Gasteiger partial charge is 0.250 e. The van der Waals surface area contributed by atoms with Crippen molar-refractivity contribution in [3.05, 3.63) is 78.5 Å². The van der Waals surface area contributed by atoms with Crippen LogP contribution in [0, 0.1) is 0 Å². The van der Waals surface area contributed by atoms with Crippen molar-refractivity contribution in [2.24, 2.45) is 0 Å². The van der Waals surface area contributed by atoms with Crippen molar-refractivity contribution in [3.8, 4) is 17.2 Å². The summed E-state index contributed by atoms with van der Waals surface area (Å²) in [5.74, 6) is 2.05. The van der Waals surface area contributed by atoms with E-state index < -0.39 is 0 Å². The second kappa shape index (κ2) is 11.6. The van der Waals surface area contributed by atoms with Gasteiger partial charge < -0.3 is 24.6 Å². The first kappa shape index (κ1) is 27.4. The summed E-state index contributed by atoms with van der Waals surface area (Å²) in [4.78, 5) is 30.1. The van der Waals surface area contributed by atoms with Gasteiger partial charge in [-0.05, 0) is 57.3 Å². The minimum Gasteiger partial charge on any atom is -0.489 e. The van der Waals surface area contributed by atoms with Gasteiger partial charge in [-0.1, -0.05) is 17.7 Å². The van der Waals surface area contributed by atoms with E-state index in [9.17, 15) is 4.79 Å². The van der Waals surface area contributed by atoms with E-state index in [1.54, 1.807) is 46.0 Å². The zero-order valence-corrected chi connectivity index (χ0v) is 24.1. The number of anilines is 3. The third kappa shape index (κ3) is 5.56. The van der Waals surface area contributed by atoms with Crippen molar-refractivity contribution < 1.29 is 14.3 Å². The van der Waals surface area contributed by atoms with E-state index in [0.717, 1.165) is 0 Å². The Bertz CT molecular complexity index is 1800. The lowest BCUT2D eigenvalue weighted by atomic mass is 10.1. The zero-order valence-electron chi connectivity index (χ0n) is 23.4. The molecule has 0 saturated carbocycles. The molecule has 0 spiro atoms. The molecule has 0 fully saturated rings. The molecule has 12 heteroatoms. The van der Waals surface area contributed by atoms with Crippen LogP contribution in [0.1, 0.15) is 13.8 Å². The number of rotatable bonds is 8. The molecule has 0 unspecified atom stereocenters. The minimum atomic E-state index is -0.104. The van der Waals surface area contributed by atoms with E-state index in [1.807, 2.05) is 31.3 Å². The second-order valence-corrected chi connectivity index (χ2v) is 10.5. The number of nitrogens with zero attached hydrogens (tertiary/aromatic N) is 7. The quantitative estimate of drug-likeness (QED) is 0.237. The number of hydrogen-bond donors (Lipinski definition) is 1. The molecule has 5 aromatic rings. The average molecular weight is 585 g/mol. The zero-order chi connectivity index (χ0) is 29.2. The van der Waals surface area contributed by atoms with Crippen molar-refractivity contribution in [2.45, 2.75) is 19.9 Å². The number of carbonyl (C=O) groups is 1. The third-order valence-electron chi connectivity index (χ3n) is 7.06. The maximum absolute atomic E-state index is 13.2. The highest BCUT2D eigenvalue weighted by molar-refractivity contribution is 6.32. The van der Waals surface area contributed by atoms with Crippen molar-refractivity contribution in [3.63, 3.8) is 0 Å². The van der Waals surface area contributed by atoms with Crippen molar-refractivity contribution >= 4 is 51.3 Å². The normalized spacial score (nSPS) is 13.2. The predicted octanol–water partition coefficient (Wildman–Crippen LogP) is 5.48. The number of likely N-dealkylation sites (N-methyl/N-ethyl adjacent to an activating group) is 1. The Hall–Kier alpha value is -4.74. The lowest BCUT2D eigenvalue weighted by Gasteiger charge is -2.30. The number of halogens is 1. The largest absolute Gasteiger partial charge is 0.489 e. The van der Waals surface area contributed by atoms with Crippen LogP contribution in [0.3, 0.4) is 0 Å². The summed E-state index contributed by atoms with van der Waals surface area (Å²) in [7, 11) is 2.03. The van der Waals surface area contributed by atoms with Crippen LogP contribution < -0.4 is 19.7 Å². The number of fused-ring (bicyclic) bond motifs is 4. The van der Waals surface area contributed by atoms with E-state index in [4.69, 9.17) is 21.1 Å². The Morgan fingerprint density at radius 1 is 1.17 bits per heavy atom. The topological polar surface area (TPSA) is 110 Å². The van der Waals surface area contributed by atoms with Gasteiger partial charge in [0.05, 0.1) is 28.2 Å². The highest BCUT2D eigenvalue weighted by Gasteiger charge is 2.26. The van der Waals surface area contributed by atoms with Gasteiger partial charge in [0, 0.05) is 36.6 Å². The molecular weight excluding hydrogens is 556 g/mol. The van der Waals surface area contributed by atoms with Crippen LogP contribution in [0.4, 0.5) is 17.2 Å². The van der Waals surface area contributed by atoms with Crippen LogP contribution in [-0.2, 0) is 4.79 Å². The molecule has 0 radical (unpaired) electrons. The number of nitrogens with one attached hydrogen (secondary N) is 1. The van der Waals surface area contributed by atoms with Crippen LogP contribution >= 0.6 is 11.6 Å². The van der Waals surface area contributed by atoms with Crippen molar-refractivity contribution in [1.29, 1.82) is 0 Å². The fraction of sp³-hybridized carbons (Fsp3) is 0.233. The van der Waals surface area contributed by atoms with E-state index in [1.165, 1.54) is 12.7 Å². The summed E-state index contributed by atoms with van der Waals surface area (Å²) in [6.07, 6.45) is 8.23. The van der Waals surface area contributed by atoms with Crippen molar-refractivity contribution in [2.75, 3.05) is 37.0 Å². The molecule has 0 aliphatic carbocycles. The molecule has 4 heterocycles. The Morgan fingerprint density at radius 2 is 2.05 bits per heavy atom. The lowest BCUT2D eigenvalue weighted by molar-refractivity contribution is -0.114. The molecule has 42 heavy (non-hydrogen) atoms. The molecule has 1 aliphatic rings. The Kier molecular flexibility index (Phi) is 7.60. The van der Waals surface area contributed by atoms with E-state index >= 15 is 0 Å². The van der Waals surface area contributed by atoms with Gasteiger partial charge >= 0.3 is 0 Å². The van der Waals surface area contributed by atoms with Crippen LogP contribution in [0.5, 0.6) is 17.2 Å². The second-order valence-electron chi connectivity index (χ2n) is 10.1. The van der Waals surface area contributed by atoms with Gasteiger partial charge in [-0.25, -0.2) is 19.5 Å². The maximum Gasteiger partial charge on any atom is 0.250 e. The predicted molar refractivity (Wildman–Crippen MR) is 162 cm³/mol. The van der Waals surface area contributed by atoms with Gasteiger partial charge in [-0.2, -0.15) is 5.10 Å². The van der Waals surface area contributed by atoms with Crippen LogP contribution in [0.15, 0.2) is 73.5 Å². The highest BCUT2D eigenvalue weighted by Crippen LogP contribution is 2.42. The number of carbonyl (C=O) groups excluding carboxylic acids is 1. The first-order chi connectivity index (χ1) is 20.4. The highest BCUT2D eigenvalue weighted by atomic mass is 35.5. The van der Waals surface area contributed by atoms with Crippen LogP contribution in [0.25, 0.3) is 16.6 Å². The molecule has 3 aromatic heterocycles. The van der Waals surface area contributed by atoms with Gasteiger partial charge in [0.15, 0.2) is 11.4 Å². The summed E-state index contributed by atoms with van der Waals surface area (Å²) < 4.78 is 13.7. The molecule has 2 aromatic carbocycles. The van der Waals surface area contributed by atoms with E-state index in [2.05, 4.69) is 44.1 Å². The monoisotopic (exact) mass is 584 g/mol. The molecular formula is C30H29ClN8O3. The molecule has 11 nitrogen and oxygen atoms in total. The number of pyridine rings is 1. The average Bonchev–Trinajstić information content (AvgIpc) is 3.46. The first-order valence-electron chi connectivity index (χ1n) is 13.5. The Morgan fingerprint density at radius 3 is 2.88 bits per heavy atom. The summed E-state index contributed by atoms with van der Waals surface area (Å²) in [5.41, 5.74) is 2.71. The molecule has 0 bridgehead atoms. The standard InChI is InChI=1S/C30H29ClN8O3/c1-19(2)37(3)11-4-5-27(40)38-13-14-41-29-24(38)8-7-23-28(29)30(34-17-32-23)36-20-6-9-25(22(31)15-20)42-21-10-12-39-26(16-21)33-18-35-39/h4-10,12,15-19H,11,13-14H2,1-3H3,(H,32,34,36)/b5-4+. The number of aromatic nitrogens is 5. The van der Waals surface area contributed by atoms with Crippen LogP contribution in [0.2, 0.25) is 5.02 Å². The third-order valence-corrected chi connectivity index (χ3v) is 7.36. The van der Waals surface area contributed by atoms with Gasteiger partial charge in [0.25, 0.3) is 5.91 Å². The number of amides is 1. The SMILES string of the molecule is CC(C)N(C)C/C=C/C(=O)N1CCOc2c1ccc1ncnc(Nc3ccc(Oc4ccn5ncnc5c4)c(Cl)c3)c21. The number of hydrogen-bond acceptors (Lipinski definition) is 9. The Balaban J connectivity index is 1.25. The van der Waals surface area contributed by atoms with Gasteiger partial charge in [0.2, 0.25) is 0 Å². The van der Waals surface area contributed by atoms with Crippen LogP contribution in [-0.4, -0.2) is 68.2 Å². The molecule has 1 N–H and O–H groups in total. The number of ether oxygens (including phenoxy) is 2. The van der Waals surface area contributed by atoms with Crippen molar-refractivity contribution in [1.82, 2.24) is 29.5 Å². The maximum atomic E-state index is 13.2. The molecule has 1 amide bonds. The summed E-state index contributed by atoms with van der Waals surface area (Å²) in [5, 5.41) is 8.51. The van der Waals surface area contributed by atoms with Gasteiger partial charge in [-0.3, -0.25) is 4.79 Å². The van der Waals surface area contributed by atoms with Gasteiger partial charge in [0.1, 0.15) is 36.6 Å². The fourth-order valence-electron chi connectivity index (χ4n) is 4.56. The van der Waals surface area contributed by atoms with Gasteiger partial charge in [-0.15, -0.1) is 0 Å².